The first-order chi connectivity index (χ1) is 19.4. The quantitative estimate of drug-likeness (QED) is 0.274. The van der Waals surface area contributed by atoms with Crippen LogP contribution in [0.15, 0.2) is 144 Å². The Morgan fingerprint density at radius 1 is 0.925 bits per heavy atom. The topological polar surface area (TPSA) is 0 Å². The molecule has 7 rings (SSSR count). The standard InChI is InChI=1S/C40H36/c1-5-26(2)32-14-7-6-12-29(32)13-10-11-27-22-31-25-37-30(18-20-33(37)36(31)23-27)21-28-17-19-35-34-15-8-9-16-38(34)40(3,4)39(35)24-28/h5-12,14-20,23-24,30H,1-2,13,21-22,25H2,3-4H3. The van der Waals surface area contributed by atoms with Crippen LogP contribution in [0.4, 0.5) is 0 Å². The smallest absolute Gasteiger partial charge is 0.0158 e. The summed E-state index contributed by atoms with van der Waals surface area (Å²) in [5, 5.41) is 0. The summed E-state index contributed by atoms with van der Waals surface area (Å²) in [7, 11) is 0. The third-order valence-electron chi connectivity index (χ3n) is 9.49. The van der Waals surface area contributed by atoms with E-state index in [-0.39, 0.29) is 5.41 Å². The third kappa shape index (κ3) is 3.97. The Kier molecular flexibility index (Phi) is 5.90. The monoisotopic (exact) mass is 516 g/mol. The van der Waals surface area contributed by atoms with E-state index in [0.717, 1.165) is 31.3 Å². The maximum absolute atomic E-state index is 4.15. The fraction of sp³-hybridized carbons (Fsp3) is 0.200. The summed E-state index contributed by atoms with van der Waals surface area (Å²) in [6, 6.07) is 24.6. The highest BCUT2D eigenvalue weighted by molar-refractivity contribution is 5.81. The highest BCUT2D eigenvalue weighted by Gasteiger charge is 2.36. The molecule has 1 unspecified atom stereocenters. The Morgan fingerprint density at radius 3 is 2.60 bits per heavy atom. The highest BCUT2D eigenvalue weighted by Crippen LogP contribution is 2.50. The lowest BCUT2D eigenvalue weighted by molar-refractivity contribution is 0.657. The van der Waals surface area contributed by atoms with Crippen molar-refractivity contribution in [2.24, 2.45) is 5.92 Å². The van der Waals surface area contributed by atoms with Gasteiger partial charge in [-0.2, -0.15) is 0 Å². The van der Waals surface area contributed by atoms with Gasteiger partial charge >= 0.3 is 0 Å². The zero-order valence-corrected chi connectivity index (χ0v) is 23.6. The molecule has 0 N–H and O–H groups in total. The van der Waals surface area contributed by atoms with Gasteiger partial charge in [-0.3, -0.25) is 0 Å². The lowest BCUT2D eigenvalue weighted by atomic mass is 9.81. The van der Waals surface area contributed by atoms with Gasteiger partial charge in [-0.05, 0) is 86.9 Å². The molecule has 0 nitrogen and oxygen atoms in total. The van der Waals surface area contributed by atoms with E-state index in [4.69, 9.17) is 0 Å². The minimum Gasteiger partial charge on any atom is -0.0985 e. The van der Waals surface area contributed by atoms with Crippen LogP contribution in [0, 0.1) is 5.92 Å². The largest absolute Gasteiger partial charge is 0.0985 e. The first kappa shape index (κ1) is 24.9. The molecule has 0 heteroatoms. The minimum atomic E-state index is 0.0599. The first-order valence-corrected chi connectivity index (χ1v) is 14.6. The number of benzene rings is 3. The Morgan fingerprint density at radius 2 is 1.73 bits per heavy atom. The van der Waals surface area contributed by atoms with Gasteiger partial charge in [0.05, 0.1) is 0 Å². The van der Waals surface area contributed by atoms with E-state index in [1.807, 2.05) is 6.08 Å². The summed E-state index contributed by atoms with van der Waals surface area (Å²) in [5.74, 6) is 0.507. The fourth-order valence-corrected chi connectivity index (χ4v) is 7.35. The van der Waals surface area contributed by atoms with Crippen molar-refractivity contribution < 1.29 is 0 Å². The van der Waals surface area contributed by atoms with Crippen LogP contribution in [0.25, 0.3) is 16.7 Å². The summed E-state index contributed by atoms with van der Waals surface area (Å²) in [6.07, 6.45) is 17.9. The van der Waals surface area contributed by atoms with Crippen molar-refractivity contribution >= 4 is 5.57 Å². The fourth-order valence-electron chi connectivity index (χ4n) is 7.35. The molecule has 4 aliphatic rings. The van der Waals surface area contributed by atoms with Crippen molar-refractivity contribution in [2.45, 2.75) is 44.9 Å². The molecule has 0 radical (unpaired) electrons. The number of allylic oxidation sites excluding steroid dienone is 12. The number of hydrogen-bond donors (Lipinski definition) is 0. The first-order valence-electron chi connectivity index (χ1n) is 14.6. The lowest BCUT2D eigenvalue weighted by Crippen LogP contribution is -2.15. The second-order valence-corrected chi connectivity index (χ2v) is 12.2. The van der Waals surface area contributed by atoms with Gasteiger partial charge in [-0.1, -0.05) is 141 Å². The van der Waals surface area contributed by atoms with E-state index in [1.165, 1.54) is 55.7 Å². The van der Waals surface area contributed by atoms with Crippen LogP contribution in [0.1, 0.15) is 54.5 Å². The maximum atomic E-state index is 4.15. The molecule has 0 bridgehead atoms. The number of rotatable bonds is 7. The second-order valence-electron chi connectivity index (χ2n) is 12.2. The summed E-state index contributed by atoms with van der Waals surface area (Å²) < 4.78 is 0. The van der Waals surface area contributed by atoms with E-state index in [2.05, 4.69) is 124 Å². The van der Waals surface area contributed by atoms with Crippen molar-refractivity contribution in [1.29, 1.82) is 0 Å². The minimum absolute atomic E-state index is 0.0599. The molecule has 0 aliphatic heterocycles. The molecule has 3 aromatic rings. The molecule has 0 aromatic heterocycles. The number of fused-ring (bicyclic) bond motifs is 4. The molecule has 0 fully saturated rings. The zero-order valence-electron chi connectivity index (χ0n) is 23.6. The molecule has 40 heavy (non-hydrogen) atoms. The van der Waals surface area contributed by atoms with E-state index in [0.29, 0.717) is 5.92 Å². The Hall–Kier alpha value is -4.16. The predicted molar refractivity (Wildman–Crippen MR) is 170 cm³/mol. The predicted octanol–water partition coefficient (Wildman–Crippen LogP) is 10.0. The van der Waals surface area contributed by atoms with Gasteiger partial charge in [0.2, 0.25) is 0 Å². The second kappa shape index (κ2) is 9.49. The Balaban J connectivity index is 1.06. The average molecular weight is 517 g/mol. The van der Waals surface area contributed by atoms with Crippen LogP contribution in [-0.4, -0.2) is 0 Å². The van der Waals surface area contributed by atoms with Crippen LogP contribution in [-0.2, 0) is 18.3 Å². The molecule has 0 amide bonds. The van der Waals surface area contributed by atoms with Crippen LogP contribution in [0.5, 0.6) is 0 Å². The Bertz CT molecular complexity index is 1740. The molecule has 4 aliphatic carbocycles. The van der Waals surface area contributed by atoms with Crippen LogP contribution in [0.2, 0.25) is 0 Å². The van der Waals surface area contributed by atoms with Crippen molar-refractivity contribution in [1.82, 2.24) is 0 Å². The van der Waals surface area contributed by atoms with Gasteiger partial charge in [0.1, 0.15) is 0 Å². The maximum Gasteiger partial charge on any atom is 0.0158 e. The summed E-state index contributed by atoms with van der Waals surface area (Å²) in [5.41, 5.74) is 18.4. The van der Waals surface area contributed by atoms with Crippen LogP contribution in [0.3, 0.4) is 0 Å². The average Bonchev–Trinajstić information content (AvgIpc) is 3.69. The Labute approximate surface area is 239 Å². The van der Waals surface area contributed by atoms with E-state index in [1.54, 1.807) is 11.1 Å². The molecular formula is C40H36. The molecule has 0 spiro atoms. The van der Waals surface area contributed by atoms with Crippen molar-refractivity contribution in [3.05, 3.63) is 172 Å². The third-order valence-corrected chi connectivity index (χ3v) is 9.49. The molecular weight excluding hydrogens is 480 g/mol. The lowest BCUT2D eigenvalue weighted by Gasteiger charge is -2.22. The summed E-state index contributed by atoms with van der Waals surface area (Å²) in [4.78, 5) is 0. The summed E-state index contributed by atoms with van der Waals surface area (Å²) >= 11 is 0. The van der Waals surface area contributed by atoms with E-state index >= 15 is 0 Å². The SMILES string of the molecule is C=CC(=C)c1ccccc1CC=CC1=CC2=C(C1)CC1=C2C=CC1Cc1ccc2c(c1)C(C)(C)c1ccccc1-2. The molecule has 3 aromatic carbocycles. The highest BCUT2D eigenvalue weighted by atomic mass is 14.4. The van der Waals surface area contributed by atoms with Gasteiger partial charge in [0.25, 0.3) is 0 Å². The van der Waals surface area contributed by atoms with Crippen molar-refractivity contribution in [3.63, 3.8) is 0 Å². The molecule has 196 valence electrons. The van der Waals surface area contributed by atoms with Gasteiger partial charge in [0, 0.05) is 11.3 Å². The molecule has 1 atom stereocenters. The van der Waals surface area contributed by atoms with Gasteiger partial charge in [-0.25, -0.2) is 0 Å². The number of hydrogen-bond acceptors (Lipinski definition) is 0. The van der Waals surface area contributed by atoms with Gasteiger partial charge in [0.15, 0.2) is 0 Å². The molecule has 0 saturated heterocycles. The van der Waals surface area contributed by atoms with Crippen LogP contribution >= 0.6 is 0 Å². The van der Waals surface area contributed by atoms with Gasteiger partial charge in [-0.15, -0.1) is 0 Å². The van der Waals surface area contributed by atoms with Gasteiger partial charge < -0.3 is 0 Å². The zero-order chi connectivity index (χ0) is 27.4. The molecule has 0 saturated carbocycles. The summed E-state index contributed by atoms with van der Waals surface area (Å²) in [6.45, 7) is 12.8. The van der Waals surface area contributed by atoms with E-state index in [9.17, 15) is 0 Å². The molecule has 0 heterocycles. The van der Waals surface area contributed by atoms with Crippen molar-refractivity contribution in [2.75, 3.05) is 0 Å². The van der Waals surface area contributed by atoms with E-state index < -0.39 is 0 Å². The van der Waals surface area contributed by atoms with Crippen LogP contribution < -0.4 is 0 Å². The normalized spacial score (nSPS) is 19.6. The van der Waals surface area contributed by atoms with Crippen molar-refractivity contribution in [3.8, 4) is 11.1 Å².